The van der Waals surface area contributed by atoms with Gasteiger partial charge < -0.3 is 10.6 Å². The average Bonchev–Trinajstić information content (AvgIpc) is 3.05. The van der Waals surface area contributed by atoms with Crippen LogP contribution in [0.1, 0.15) is 0 Å². The molecule has 1 heterocycles. The second kappa shape index (κ2) is 6.18. The van der Waals surface area contributed by atoms with Crippen molar-refractivity contribution in [3.63, 3.8) is 0 Å². The molecule has 3 N–H and O–H groups in total. The number of aromatic amines is 1. The molecule has 0 bridgehead atoms. The van der Waals surface area contributed by atoms with Crippen molar-refractivity contribution in [1.82, 2.24) is 20.6 Å². The van der Waals surface area contributed by atoms with Gasteiger partial charge in [-0.1, -0.05) is 12.1 Å². The summed E-state index contributed by atoms with van der Waals surface area (Å²) < 4.78 is 26.4. The van der Waals surface area contributed by atoms with E-state index >= 15 is 0 Å². The van der Waals surface area contributed by atoms with Crippen molar-refractivity contribution in [3.05, 3.63) is 54.1 Å². The molecular weight excluding hydrogens is 306 g/mol. The minimum atomic E-state index is -0.869. The van der Waals surface area contributed by atoms with E-state index in [-0.39, 0.29) is 5.69 Å². The summed E-state index contributed by atoms with van der Waals surface area (Å²) in [6.45, 7) is 0. The van der Waals surface area contributed by atoms with Crippen molar-refractivity contribution in [1.29, 1.82) is 0 Å². The number of benzene rings is 2. The van der Waals surface area contributed by atoms with Crippen molar-refractivity contribution in [2.75, 3.05) is 10.6 Å². The maximum atomic E-state index is 13.5. The number of nitrogens with one attached hydrogen (secondary N) is 3. The van der Waals surface area contributed by atoms with E-state index in [1.165, 1.54) is 0 Å². The number of H-pyrrole nitrogens is 1. The topological polar surface area (TPSA) is 95.6 Å². The first kappa shape index (κ1) is 14.6. The van der Waals surface area contributed by atoms with Crippen molar-refractivity contribution < 1.29 is 13.6 Å². The number of carbonyl (C=O) groups excluding carboxylic acids is 1. The van der Waals surface area contributed by atoms with Crippen LogP contribution in [0.4, 0.5) is 25.0 Å². The Bertz CT molecular complexity index is 837. The third-order valence-electron chi connectivity index (χ3n) is 2.94. The second-order valence-electron chi connectivity index (χ2n) is 4.48. The minimum absolute atomic E-state index is 0.138. The van der Waals surface area contributed by atoms with Crippen molar-refractivity contribution in [2.45, 2.75) is 0 Å². The Hall–Kier alpha value is -3.36. The summed E-state index contributed by atoms with van der Waals surface area (Å²) >= 11 is 0. The van der Waals surface area contributed by atoms with E-state index in [1.807, 2.05) is 0 Å². The highest BCUT2D eigenvalue weighted by molar-refractivity contribution is 6.02. The molecule has 0 fully saturated rings. The van der Waals surface area contributed by atoms with Gasteiger partial charge >= 0.3 is 6.03 Å². The van der Waals surface area contributed by atoms with E-state index in [1.54, 1.807) is 24.3 Å². The Balaban J connectivity index is 1.78. The lowest BCUT2D eigenvalue weighted by atomic mass is 10.1. The monoisotopic (exact) mass is 316 g/mol. The fourth-order valence-corrected chi connectivity index (χ4v) is 1.93. The summed E-state index contributed by atoms with van der Waals surface area (Å²) in [5.41, 5.74) is 0.811. The number of amides is 2. The van der Waals surface area contributed by atoms with Gasteiger partial charge in [0, 0.05) is 11.6 Å². The summed E-state index contributed by atoms with van der Waals surface area (Å²) in [5, 5.41) is 18.3. The first-order valence-corrected chi connectivity index (χ1v) is 6.49. The molecule has 3 rings (SSSR count). The van der Waals surface area contributed by atoms with Gasteiger partial charge in [0.25, 0.3) is 0 Å². The Labute approximate surface area is 128 Å². The van der Waals surface area contributed by atoms with Crippen LogP contribution in [-0.4, -0.2) is 26.7 Å². The van der Waals surface area contributed by atoms with E-state index in [0.717, 1.165) is 12.1 Å². The van der Waals surface area contributed by atoms with Crippen molar-refractivity contribution in [3.8, 4) is 11.4 Å². The number of hydrogen-bond acceptors (Lipinski definition) is 4. The molecule has 1 aromatic heterocycles. The highest BCUT2D eigenvalue weighted by atomic mass is 19.1. The summed E-state index contributed by atoms with van der Waals surface area (Å²) in [4.78, 5) is 12.0. The van der Waals surface area contributed by atoms with Gasteiger partial charge in [0.1, 0.15) is 11.6 Å². The van der Waals surface area contributed by atoms with E-state index in [0.29, 0.717) is 23.1 Å². The highest BCUT2D eigenvalue weighted by Gasteiger charge is 2.12. The molecule has 0 aliphatic rings. The molecule has 3 aromatic rings. The number of anilines is 2. The molecule has 0 aliphatic heterocycles. The van der Waals surface area contributed by atoms with Gasteiger partial charge in [-0.2, -0.15) is 5.21 Å². The molecule has 0 aliphatic carbocycles. The number of hydrogen-bond donors (Lipinski definition) is 3. The third kappa shape index (κ3) is 3.28. The van der Waals surface area contributed by atoms with Crippen LogP contribution in [0.15, 0.2) is 42.5 Å². The summed E-state index contributed by atoms with van der Waals surface area (Å²) in [6.07, 6.45) is 0. The molecule has 23 heavy (non-hydrogen) atoms. The Kier molecular flexibility index (Phi) is 3.91. The molecule has 0 radical (unpaired) electrons. The number of carbonyl (C=O) groups is 1. The number of halogens is 2. The van der Waals surface area contributed by atoms with Gasteiger partial charge in [-0.3, -0.25) is 0 Å². The van der Waals surface area contributed by atoms with Gasteiger partial charge in [0.05, 0.1) is 11.4 Å². The zero-order valence-corrected chi connectivity index (χ0v) is 11.5. The fourth-order valence-electron chi connectivity index (χ4n) is 1.93. The van der Waals surface area contributed by atoms with Gasteiger partial charge in [-0.15, -0.1) is 10.2 Å². The molecule has 116 valence electrons. The average molecular weight is 316 g/mol. The number of nitrogens with zero attached hydrogens (tertiary/aromatic N) is 3. The van der Waals surface area contributed by atoms with Gasteiger partial charge in [0.15, 0.2) is 0 Å². The Morgan fingerprint density at radius 1 is 1.04 bits per heavy atom. The van der Waals surface area contributed by atoms with Gasteiger partial charge in [0.2, 0.25) is 5.82 Å². The zero-order valence-electron chi connectivity index (χ0n) is 11.5. The molecule has 2 amide bonds. The van der Waals surface area contributed by atoms with E-state index in [2.05, 4.69) is 31.3 Å². The lowest BCUT2D eigenvalue weighted by molar-refractivity contribution is 0.262. The number of rotatable bonds is 3. The SMILES string of the molecule is O=C(Nc1ccc(F)cc1F)Nc1ccccc1-c1nn[nH]n1. The predicted molar refractivity (Wildman–Crippen MR) is 78.6 cm³/mol. The minimum Gasteiger partial charge on any atom is -0.307 e. The van der Waals surface area contributed by atoms with Crippen LogP contribution in [0.5, 0.6) is 0 Å². The molecule has 0 spiro atoms. The van der Waals surface area contributed by atoms with Crippen LogP contribution < -0.4 is 10.6 Å². The second-order valence-corrected chi connectivity index (χ2v) is 4.48. The maximum Gasteiger partial charge on any atom is 0.323 e. The quantitative estimate of drug-likeness (QED) is 0.692. The zero-order chi connectivity index (χ0) is 16.2. The molecular formula is C14H10F2N6O. The molecule has 2 aromatic carbocycles. The number of urea groups is 1. The molecule has 0 saturated carbocycles. The van der Waals surface area contributed by atoms with Crippen LogP contribution >= 0.6 is 0 Å². The Morgan fingerprint density at radius 2 is 1.83 bits per heavy atom. The Morgan fingerprint density at radius 3 is 2.57 bits per heavy atom. The molecule has 0 atom stereocenters. The normalized spacial score (nSPS) is 10.3. The summed E-state index contributed by atoms with van der Waals surface area (Å²) in [7, 11) is 0. The molecule has 0 unspecified atom stereocenters. The number of para-hydroxylation sites is 1. The molecule has 7 nitrogen and oxygen atoms in total. The molecule has 0 saturated heterocycles. The fraction of sp³-hybridized carbons (Fsp3) is 0. The summed E-state index contributed by atoms with van der Waals surface area (Å²) in [5.74, 6) is -1.30. The largest absolute Gasteiger partial charge is 0.323 e. The van der Waals surface area contributed by atoms with Crippen LogP contribution in [-0.2, 0) is 0 Å². The van der Waals surface area contributed by atoms with Gasteiger partial charge in [-0.05, 0) is 29.5 Å². The lowest BCUT2D eigenvalue weighted by Gasteiger charge is -2.10. The van der Waals surface area contributed by atoms with E-state index in [9.17, 15) is 13.6 Å². The van der Waals surface area contributed by atoms with Crippen molar-refractivity contribution in [2.24, 2.45) is 0 Å². The number of aromatic nitrogens is 4. The van der Waals surface area contributed by atoms with Crippen LogP contribution in [0.25, 0.3) is 11.4 Å². The van der Waals surface area contributed by atoms with E-state index in [4.69, 9.17) is 0 Å². The third-order valence-corrected chi connectivity index (χ3v) is 2.94. The first-order chi connectivity index (χ1) is 11.1. The highest BCUT2D eigenvalue weighted by Crippen LogP contribution is 2.24. The van der Waals surface area contributed by atoms with Crippen molar-refractivity contribution >= 4 is 17.4 Å². The standard InChI is InChI=1S/C14H10F2N6O/c15-8-5-6-12(10(16)7-8)18-14(23)17-11-4-2-1-3-9(11)13-19-21-22-20-13/h1-7H,(H2,17,18,23)(H,19,20,21,22). The smallest absolute Gasteiger partial charge is 0.307 e. The maximum absolute atomic E-state index is 13.5. The van der Waals surface area contributed by atoms with Crippen LogP contribution in [0, 0.1) is 11.6 Å². The lowest BCUT2D eigenvalue weighted by Crippen LogP contribution is -2.20. The predicted octanol–water partition coefficient (Wildman–Crippen LogP) is 2.79. The van der Waals surface area contributed by atoms with Crippen LogP contribution in [0.3, 0.4) is 0 Å². The summed E-state index contributed by atoms with van der Waals surface area (Å²) in [6, 6.07) is 8.95. The number of tetrazole rings is 1. The van der Waals surface area contributed by atoms with E-state index < -0.39 is 17.7 Å². The first-order valence-electron chi connectivity index (χ1n) is 6.49. The van der Waals surface area contributed by atoms with Crippen LogP contribution in [0.2, 0.25) is 0 Å². The molecule has 9 heteroatoms. The van der Waals surface area contributed by atoms with Gasteiger partial charge in [-0.25, -0.2) is 13.6 Å².